The molecule has 0 saturated heterocycles. The molecular formula is C36H32ClNO4S2. The lowest BCUT2D eigenvalue weighted by molar-refractivity contribution is 0.0607. The second-order valence-electron chi connectivity index (χ2n) is 11.2. The van der Waals surface area contributed by atoms with Crippen molar-refractivity contribution in [2.75, 3.05) is 11.4 Å². The molecule has 5 nitrogen and oxygen atoms in total. The number of carbonyl (C=O) groups excluding carboxylic acids is 1. The van der Waals surface area contributed by atoms with Crippen molar-refractivity contribution >= 4 is 56.3 Å². The lowest BCUT2D eigenvalue weighted by Crippen LogP contribution is -2.41. The second-order valence-corrected chi connectivity index (χ2v) is 14.6. The van der Waals surface area contributed by atoms with Gasteiger partial charge in [0.1, 0.15) is 10.1 Å². The number of rotatable bonds is 8. The third-order valence-electron chi connectivity index (χ3n) is 8.17. The van der Waals surface area contributed by atoms with Crippen LogP contribution >= 0.6 is 22.9 Å². The van der Waals surface area contributed by atoms with Gasteiger partial charge < -0.3 is 4.74 Å². The van der Waals surface area contributed by atoms with Crippen LogP contribution < -0.4 is 4.31 Å². The Morgan fingerprint density at radius 2 is 1.70 bits per heavy atom. The van der Waals surface area contributed by atoms with E-state index in [-0.39, 0.29) is 17.3 Å². The number of benzene rings is 3. The molecule has 3 aromatic carbocycles. The van der Waals surface area contributed by atoms with Crippen molar-refractivity contribution in [2.24, 2.45) is 5.92 Å². The first-order chi connectivity index (χ1) is 21.2. The number of allylic oxidation sites excluding steroid dienone is 4. The lowest BCUT2D eigenvalue weighted by Gasteiger charge is -2.32. The fourth-order valence-electron chi connectivity index (χ4n) is 5.80. The molecule has 6 rings (SSSR count). The van der Waals surface area contributed by atoms with E-state index in [4.69, 9.17) is 16.3 Å². The summed E-state index contributed by atoms with van der Waals surface area (Å²) in [6, 6.07) is 27.7. The van der Waals surface area contributed by atoms with Gasteiger partial charge in [-0.25, -0.2) is 13.2 Å². The first kappa shape index (κ1) is 30.1. The van der Waals surface area contributed by atoms with E-state index >= 15 is 0 Å². The average Bonchev–Trinajstić information content (AvgIpc) is 3.67. The minimum atomic E-state index is -4.05. The molecule has 2 atom stereocenters. The Hall–Kier alpha value is -3.91. The van der Waals surface area contributed by atoms with Crippen molar-refractivity contribution < 1.29 is 17.9 Å². The zero-order chi connectivity index (χ0) is 31.0. The van der Waals surface area contributed by atoms with Crippen molar-refractivity contribution in [1.29, 1.82) is 0 Å². The van der Waals surface area contributed by atoms with Crippen LogP contribution in [0.15, 0.2) is 108 Å². The van der Waals surface area contributed by atoms with Crippen molar-refractivity contribution in [2.45, 2.75) is 32.1 Å². The summed E-state index contributed by atoms with van der Waals surface area (Å²) >= 11 is 7.62. The first-order valence-corrected chi connectivity index (χ1v) is 17.1. The van der Waals surface area contributed by atoms with Gasteiger partial charge in [-0.05, 0) is 70.4 Å². The summed E-state index contributed by atoms with van der Waals surface area (Å²) in [5, 5.41) is -0.322. The van der Waals surface area contributed by atoms with Crippen molar-refractivity contribution in [3.8, 4) is 10.4 Å². The molecule has 0 fully saturated rings. The fraction of sp³-hybridized carbons (Fsp3) is 0.194. The van der Waals surface area contributed by atoms with Gasteiger partial charge in [-0.15, -0.1) is 11.3 Å². The average molecular weight is 642 g/mol. The molecule has 1 aromatic heterocycles. The molecule has 2 aliphatic carbocycles. The lowest BCUT2D eigenvalue weighted by atomic mass is 9.98. The summed E-state index contributed by atoms with van der Waals surface area (Å²) < 4.78 is 35.9. The highest BCUT2D eigenvalue weighted by molar-refractivity contribution is 7.93. The number of nitrogens with zero attached hydrogens (tertiary/aromatic N) is 1. The maximum Gasteiger partial charge on any atom is 0.350 e. The van der Waals surface area contributed by atoms with Gasteiger partial charge in [0.15, 0.2) is 0 Å². The van der Waals surface area contributed by atoms with Crippen LogP contribution in [-0.4, -0.2) is 26.7 Å². The van der Waals surface area contributed by atoms with Crippen molar-refractivity contribution in [1.82, 2.24) is 0 Å². The zero-order valence-corrected chi connectivity index (χ0v) is 27.0. The normalized spacial score (nSPS) is 17.8. The van der Waals surface area contributed by atoms with E-state index in [0.29, 0.717) is 16.3 Å². The molecule has 0 bridgehead atoms. The number of hydrogen-bond acceptors (Lipinski definition) is 5. The molecule has 4 aromatic rings. The molecule has 0 radical (unpaired) electrons. The minimum Gasteiger partial charge on any atom is -0.465 e. The Morgan fingerprint density at radius 3 is 2.45 bits per heavy atom. The van der Waals surface area contributed by atoms with Crippen LogP contribution in [0.2, 0.25) is 0 Å². The van der Waals surface area contributed by atoms with Gasteiger partial charge >= 0.3 is 5.97 Å². The maximum atomic E-state index is 14.7. The molecule has 2 unspecified atom stereocenters. The molecule has 0 spiro atoms. The number of ether oxygens (including phenoxy) is 1. The van der Waals surface area contributed by atoms with Crippen molar-refractivity contribution in [3.63, 3.8) is 0 Å². The summed E-state index contributed by atoms with van der Waals surface area (Å²) in [5.74, 6) is -0.956. The number of fused-ring (bicyclic) bond motifs is 1. The predicted octanol–water partition coefficient (Wildman–Crippen LogP) is 8.72. The molecule has 0 N–H and O–H groups in total. The number of esters is 1. The van der Waals surface area contributed by atoms with E-state index in [2.05, 4.69) is 24.3 Å². The molecule has 224 valence electrons. The molecule has 8 heteroatoms. The smallest absolute Gasteiger partial charge is 0.350 e. The van der Waals surface area contributed by atoms with E-state index in [1.807, 2.05) is 74.5 Å². The highest BCUT2D eigenvalue weighted by Gasteiger charge is 2.39. The number of anilines is 1. The first-order valence-electron chi connectivity index (χ1n) is 14.4. The van der Waals surface area contributed by atoms with E-state index in [1.54, 1.807) is 18.2 Å². The molecule has 2 aliphatic rings. The number of sulfonamides is 1. The highest BCUT2D eigenvalue weighted by atomic mass is 35.5. The highest BCUT2D eigenvalue weighted by Crippen LogP contribution is 2.42. The Morgan fingerprint density at radius 1 is 0.977 bits per heavy atom. The summed E-state index contributed by atoms with van der Waals surface area (Å²) in [5.41, 5.74) is 7.39. The Kier molecular flexibility index (Phi) is 8.38. The van der Waals surface area contributed by atoms with Crippen LogP contribution in [0.1, 0.15) is 45.8 Å². The molecule has 1 heterocycles. The predicted molar refractivity (Wildman–Crippen MR) is 181 cm³/mol. The van der Waals surface area contributed by atoms with Gasteiger partial charge in [0, 0.05) is 9.91 Å². The summed E-state index contributed by atoms with van der Waals surface area (Å²) in [4.78, 5) is 14.2. The number of hydrogen-bond donors (Lipinski definition) is 0. The van der Waals surface area contributed by atoms with Crippen LogP contribution in [0.5, 0.6) is 0 Å². The minimum absolute atomic E-state index is 0.0406. The third kappa shape index (κ3) is 5.80. The summed E-state index contributed by atoms with van der Waals surface area (Å²) in [6.45, 7) is 3.70. The number of methoxy groups -OCH3 is 1. The van der Waals surface area contributed by atoms with E-state index in [1.165, 1.54) is 39.5 Å². The van der Waals surface area contributed by atoms with E-state index < -0.39 is 21.2 Å². The maximum absolute atomic E-state index is 14.7. The SMILES string of the molecule is COC(=O)c1sc(-c2ccccc2)cc1N(Cc1cccc(C2=Cc3ccccc3C2)c1)S(=O)(=O)C1C=C(C)C(Cl)=CC1C. The molecule has 44 heavy (non-hydrogen) atoms. The van der Waals surface area contributed by atoms with Gasteiger partial charge in [0.2, 0.25) is 10.0 Å². The molecule has 0 amide bonds. The largest absolute Gasteiger partial charge is 0.465 e. The van der Waals surface area contributed by atoms with Crippen LogP contribution in [0.4, 0.5) is 5.69 Å². The molecule has 0 aliphatic heterocycles. The topological polar surface area (TPSA) is 63.7 Å². The fourth-order valence-corrected chi connectivity index (χ4v) is 9.24. The monoisotopic (exact) mass is 641 g/mol. The summed E-state index contributed by atoms with van der Waals surface area (Å²) in [7, 11) is -2.74. The Balaban J connectivity index is 1.46. The molecular weight excluding hydrogens is 610 g/mol. The number of thiophene rings is 1. The van der Waals surface area contributed by atoms with Gasteiger partial charge in [0.25, 0.3) is 0 Å². The number of carbonyl (C=O) groups is 1. The Bertz CT molecular complexity index is 1940. The van der Waals surface area contributed by atoms with Crippen LogP contribution in [-0.2, 0) is 27.7 Å². The Labute approximate surface area is 267 Å². The van der Waals surface area contributed by atoms with Crippen LogP contribution in [0, 0.1) is 5.92 Å². The summed E-state index contributed by atoms with van der Waals surface area (Å²) in [6.07, 6.45) is 6.51. The van der Waals surface area contributed by atoms with E-state index in [0.717, 1.165) is 28.0 Å². The quantitative estimate of drug-likeness (QED) is 0.181. The standard InChI is InChI=1S/C36H32ClNO4S2/c1-23-17-34(24(2)16-31(23)37)44(40,41)38(32-21-33(26-11-5-4-6-12-26)43-35(32)36(39)42-3)22-25-10-9-15-27(18-25)30-19-28-13-7-8-14-29(28)20-30/h4-19,21,24,34H,20,22H2,1-3H3. The third-order valence-corrected chi connectivity index (χ3v) is 11.9. The zero-order valence-electron chi connectivity index (χ0n) is 24.7. The van der Waals surface area contributed by atoms with Crippen LogP contribution in [0.25, 0.3) is 22.1 Å². The van der Waals surface area contributed by atoms with E-state index in [9.17, 15) is 13.2 Å². The molecule has 0 saturated carbocycles. The van der Waals surface area contributed by atoms with Crippen LogP contribution in [0.3, 0.4) is 0 Å². The van der Waals surface area contributed by atoms with Crippen molar-refractivity contribution in [3.05, 3.63) is 135 Å². The number of halogens is 1. The van der Waals surface area contributed by atoms with Gasteiger partial charge in [-0.2, -0.15) is 0 Å². The second kappa shape index (κ2) is 12.2. The van der Waals surface area contributed by atoms with Gasteiger partial charge in [-0.1, -0.05) is 110 Å². The van der Waals surface area contributed by atoms with Gasteiger partial charge in [0.05, 0.1) is 19.3 Å². The van der Waals surface area contributed by atoms with Gasteiger partial charge in [-0.3, -0.25) is 4.31 Å².